The molecule has 1 heterocycles. The molecule has 7 heteroatoms. The van der Waals surface area contributed by atoms with Crippen molar-refractivity contribution in [1.82, 2.24) is 10.2 Å². The van der Waals surface area contributed by atoms with Crippen molar-refractivity contribution in [2.24, 2.45) is 0 Å². The maximum absolute atomic E-state index is 12.1. The average Bonchev–Trinajstić information content (AvgIpc) is 2.75. The number of carbonyl (C=O) groups excluding carboxylic acids is 2. The topological polar surface area (TPSA) is 86.7 Å². The van der Waals surface area contributed by atoms with Crippen LogP contribution in [0.3, 0.4) is 0 Å². The van der Waals surface area contributed by atoms with Crippen LogP contribution in [0.4, 0.5) is 0 Å². The second kappa shape index (κ2) is 8.82. The fraction of sp³-hybridized carbons (Fsp3) is 0.471. The van der Waals surface area contributed by atoms with Gasteiger partial charge in [-0.3, -0.25) is 9.59 Å². The fourth-order valence-corrected chi connectivity index (χ4v) is 3.19. The Morgan fingerprint density at radius 1 is 1.17 bits per heavy atom. The van der Waals surface area contributed by atoms with E-state index in [0.717, 1.165) is 25.8 Å². The minimum absolute atomic E-state index is 0.0599. The summed E-state index contributed by atoms with van der Waals surface area (Å²) in [5.74, 6) is -1.21. The molecule has 6 nitrogen and oxygen atoms in total. The van der Waals surface area contributed by atoms with Crippen molar-refractivity contribution in [1.29, 1.82) is 0 Å². The summed E-state index contributed by atoms with van der Waals surface area (Å²) in [6.07, 6.45) is 4.38. The summed E-state index contributed by atoms with van der Waals surface area (Å²) in [6.45, 7) is 1.87. The Balaban J connectivity index is 1.83. The van der Waals surface area contributed by atoms with Crippen LogP contribution in [-0.2, 0) is 4.79 Å². The van der Waals surface area contributed by atoms with Crippen LogP contribution in [0.1, 0.15) is 52.8 Å². The van der Waals surface area contributed by atoms with Gasteiger partial charge in [0.05, 0.1) is 5.56 Å². The first-order valence-electron chi connectivity index (χ1n) is 8.07. The molecule has 1 fully saturated rings. The molecule has 2 N–H and O–H groups in total. The lowest BCUT2D eigenvalue weighted by molar-refractivity contribution is -0.130. The number of carboxylic acid groups (broad SMARTS) is 1. The van der Waals surface area contributed by atoms with Gasteiger partial charge in [0.2, 0.25) is 5.91 Å². The van der Waals surface area contributed by atoms with Gasteiger partial charge in [-0.1, -0.05) is 22.4 Å². The SMILES string of the molecule is O=C(O)c1cc(Br)cc(C(=O)NCCCN2CCCCCC2=O)c1. The lowest BCUT2D eigenvalue weighted by atomic mass is 10.1. The van der Waals surface area contributed by atoms with Crippen molar-refractivity contribution in [3.05, 3.63) is 33.8 Å². The molecular weight excluding hydrogens is 376 g/mol. The molecule has 1 saturated heterocycles. The first kappa shape index (κ1) is 18.4. The van der Waals surface area contributed by atoms with E-state index in [1.165, 1.54) is 12.1 Å². The second-order valence-corrected chi connectivity index (χ2v) is 6.75. The highest BCUT2D eigenvalue weighted by atomic mass is 79.9. The van der Waals surface area contributed by atoms with Crippen LogP contribution in [0.2, 0.25) is 0 Å². The largest absolute Gasteiger partial charge is 0.478 e. The molecule has 0 aliphatic carbocycles. The van der Waals surface area contributed by atoms with Gasteiger partial charge in [0, 0.05) is 36.1 Å². The van der Waals surface area contributed by atoms with E-state index in [-0.39, 0.29) is 17.4 Å². The highest BCUT2D eigenvalue weighted by molar-refractivity contribution is 9.10. The number of nitrogens with one attached hydrogen (secondary N) is 1. The predicted molar refractivity (Wildman–Crippen MR) is 93.1 cm³/mol. The third-order valence-electron chi connectivity index (χ3n) is 3.97. The molecule has 24 heavy (non-hydrogen) atoms. The number of likely N-dealkylation sites (tertiary alicyclic amines) is 1. The maximum Gasteiger partial charge on any atom is 0.335 e. The molecule has 0 bridgehead atoms. The number of carbonyl (C=O) groups is 3. The molecule has 0 saturated carbocycles. The van der Waals surface area contributed by atoms with E-state index >= 15 is 0 Å². The number of halogens is 1. The number of hydrogen-bond donors (Lipinski definition) is 2. The Morgan fingerprint density at radius 2 is 1.92 bits per heavy atom. The minimum atomic E-state index is -1.08. The molecule has 0 unspecified atom stereocenters. The van der Waals surface area contributed by atoms with Gasteiger partial charge < -0.3 is 15.3 Å². The van der Waals surface area contributed by atoms with E-state index in [1.807, 2.05) is 4.90 Å². The van der Waals surface area contributed by atoms with Crippen molar-refractivity contribution in [3.8, 4) is 0 Å². The standard InChI is InChI=1S/C17H21BrN2O4/c18-14-10-12(9-13(11-14)17(23)24)16(22)19-6-4-8-20-7-3-1-2-5-15(20)21/h9-11H,1-8H2,(H,19,22)(H,23,24). The van der Waals surface area contributed by atoms with Crippen LogP contribution in [-0.4, -0.2) is 47.4 Å². The smallest absolute Gasteiger partial charge is 0.335 e. The maximum atomic E-state index is 12.1. The van der Waals surface area contributed by atoms with Gasteiger partial charge in [-0.25, -0.2) is 4.79 Å². The first-order valence-corrected chi connectivity index (χ1v) is 8.86. The van der Waals surface area contributed by atoms with Crippen LogP contribution < -0.4 is 5.32 Å². The van der Waals surface area contributed by atoms with E-state index in [0.29, 0.717) is 36.0 Å². The highest BCUT2D eigenvalue weighted by Gasteiger charge is 2.16. The number of carboxylic acids is 1. The number of benzene rings is 1. The summed E-state index contributed by atoms with van der Waals surface area (Å²) in [5, 5.41) is 11.8. The Kier molecular flexibility index (Phi) is 6.78. The van der Waals surface area contributed by atoms with Crippen molar-refractivity contribution in [3.63, 3.8) is 0 Å². The summed E-state index contributed by atoms with van der Waals surface area (Å²) >= 11 is 3.21. The van der Waals surface area contributed by atoms with Crippen LogP contribution in [0.15, 0.2) is 22.7 Å². The summed E-state index contributed by atoms with van der Waals surface area (Å²) in [4.78, 5) is 36.9. The van der Waals surface area contributed by atoms with Crippen LogP contribution in [0.25, 0.3) is 0 Å². The summed E-state index contributed by atoms with van der Waals surface area (Å²) in [7, 11) is 0. The number of amides is 2. The van der Waals surface area contributed by atoms with Crippen molar-refractivity contribution < 1.29 is 19.5 Å². The second-order valence-electron chi connectivity index (χ2n) is 5.83. The van der Waals surface area contributed by atoms with Gasteiger partial charge in [-0.2, -0.15) is 0 Å². The van der Waals surface area contributed by atoms with E-state index in [1.54, 1.807) is 6.07 Å². The van der Waals surface area contributed by atoms with Crippen LogP contribution in [0.5, 0.6) is 0 Å². The number of hydrogen-bond acceptors (Lipinski definition) is 3. The lowest BCUT2D eigenvalue weighted by Crippen LogP contribution is -2.34. The zero-order valence-electron chi connectivity index (χ0n) is 13.4. The molecule has 0 aromatic heterocycles. The molecule has 1 aromatic carbocycles. The number of aromatic carboxylic acids is 1. The molecule has 0 spiro atoms. The van der Waals surface area contributed by atoms with E-state index in [4.69, 9.17) is 5.11 Å². The zero-order valence-corrected chi connectivity index (χ0v) is 15.0. The minimum Gasteiger partial charge on any atom is -0.478 e. The molecule has 130 valence electrons. The molecule has 1 aliphatic heterocycles. The van der Waals surface area contributed by atoms with Crippen molar-refractivity contribution in [2.45, 2.75) is 32.1 Å². The average molecular weight is 397 g/mol. The summed E-state index contributed by atoms with van der Waals surface area (Å²) in [6, 6.07) is 4.38. The molecule has 0 radical (unpaired) electrons. The number of nitrogens with zero attached hydrogens (tertiary/aromatic N) is 1. The van der Waals surface area contributed by atoms with E-state index in [2.05, 4.69) is 21.2 Å². The van der Waals surface area contributed by atoms with Crippen molar-refractivity contribution in [2.75, 3.05) is 19.6 Å². The molecular formula is C17H21BrN2O4. The lowest BCUT2D eigenvalue weighted by Gasteiger charge is -2.20. The van der Waals surface area contributed by atoms with Gasteiger partial charge >= 0.3 is 5.97 Å². The molecule has 0 atom stereocenters. The normalized spacial score (nSPS) is 15.0. The Hall–Kier alpha value is -1.89. The van der Waals surface area contributed by atoms with Crippen molar-refractivity contribution >= 4 is 33.7 Å². The summed E-state index contributed by atoms with van der Waals surface area (Å²) in [5.41, 5.74) is 0.359. The van der Waals surface area contributed by atoms with Gasteiger partial charge in [-0.05, 0) is 37.5 Å². The quantitative estimate of drug-likeness (QED) is 0.723. The first-order chi connectivity index (χ1) is 11.5. The van der Waals surface area contributed by atoms with Gasteiger partial charge in [0.25, 0.3) is 5.91 Å². The van der Waals surface area contributed by atoms with Crippen LogP contribution in [0, 0.1) is 0 Å². The molecule has 1 aliphatic rings. The van der Waals surface area contributed by atoms with Gasteiger partial charge in [0.1, 0.15) is 0 Å². The third-order valence-corrected chi connectivity index (χ3v) is 4.43. The van der Waals surface area contributed by atoms with E-state index < -0.39 is 5.97 Å². The van der Waals surface area contributed by atoms with Gasteiger partial charge in [-0.15, -0.1) is 0 Å². The Labute approximate surface area is 149 Å². The molecule has 1 aromatic rings. The third kappa shape index (κ3) is 5.33. The van der Waals surface area contributed by atoms with Gasteiger partial charge in [0.15, 0.2) is 0 Å². The predicted octanol–water partition coefficient (Wildman–Crippen LogP) is 2.67. The zero-order chi connectivity index (χ0) is 17.5. The summed E-state index contributed by atoms with van der Waals surface area (Å²) < 4.78 is 0.544. The molecule has 2 amide bonds. The van der Waals surface area contributed by atoms with E-state index in [9.17, 15) is 14.4 Å². The monoisotopic (exact) mass is 396 g/mol. The Morgan fingerprint density at radius 3 is 2.67 bits per heavy atom. The fourth-order valence-electron chi connectivity index (χ4n) is 2.69. The Bertz CT molecular complexity index is 633. The van der Waals surface area contributed by atoms with Crippen LogP contribution >= 0.6 is 15.9 Å². The highest BCUT2D eigenvalue weighted by Crippen LogP contribution is 2.16. The molecule has 2 rings (SSSR count). The number of rotatable bonds is 6.